The smallest absolute Gasteiger partial charge is 0.255 e. The summed E-state index contributed by atoms with van der Waals surface area (Å²) in [5, 5.41) is 21.1. The number of likely N-dealkylation sites (N-methyl/N-ethyl adjacent to an activating group) is 1. The molecule has 0 spiro atoms. The molecule has 1 saturated heterocycles. The number of hydrogen-bond donors (Lipinski definition) is 2. The van der Waals surface area contributed by atoms with Crippen molar-refractivity contribution in [1.82, 2.24) is 20.5 Å². The SMILES string of the molecule is CN1CCCC(O)(CNCc2ccc3nonc3c2)C1=O. The van der Waals surface area contributed by atoms with Crippen molar-refractivity contribution in [3.8, 4) is 0 Å². The van der Waals surface area contributed by atoms with E-state index in [1.807, 2.05) is 18.2 Å². The number of aliphatic hydroxyl groups is 1. The predicted molar refractivity (Wildman–Crippen MR) is 75.3 cm³/mol. The van der Waals surface area contributed by atoms with E-state index in [0.717, 1.165) is 12.0 Å². The van der Waals surface area contributed by atoms with E-state index in [4.69, 9.17) is 0 Å². The zero-order valence-electron chi connectivity index (χ0n) is 11.9. The lowest BCUT2D eigenvalue weighted by Crippen LogP contribution is -2.56. The zero-order chi connectivity index (χ0) is 14.9. The Labute approximate surface area is 121 Å². The van der Waals surface area contributed by atoms with Crippen molar-refractivity contribution in [3.05, 3.63) is 23.8 Å². The second-order valence-corrected chi connectivity index (χ2v) is 5.55. The fraction of sp³-hybridized carbons (Fsp3) is 0.500. The van der Waals surface area contributed by atoms with Crippen LogP contribution in [-0.4, -0.2) is 52.0 Å². The molecule has 0 radical (unpaired) electrons. The Balaban J connectivity index is 1.61. The molecule has 2 N–H and O–H groups in total. The van der Waals surface area contributed by atoms with Crippen molar-refractivity contribution < 1.29 is 14.5 Å². The molecule has 1 amide bonds. The van der Waals surface area contributed by atoms with E-state index in [1.54, 1.807) is 11.9 Å². The fourth-order valence-electron chi connectivity index (χ4n) is 2.69. The van der Waals surface area contributed by atoms with Crippen LogP contribution in [0.2, 0.25) is 0 Å². The lowest BCUT2D eigenvalue weighted by Gasteiger charge is -2.36. The first-order valence-corrected chi connectivity index (χ1v) is 6.98. The summed E-state index contributed by atoms with van der Waals surface area (Å²) in [5.41, 5.74) is 1.10. The summed E-state index contributed by atoms with van der Waals surface area (Å²) >= 11 is 0. The molecule has 2 aromatic rings. The van der Waals surface area contributed by atoms with Crippen molar-refractivity contribution in [2.24, 2.45) is 0 Å². The van der Waals surface area contributed by atoms with Crippen LogP contribution in [0.3, 0.4) is 0 Å². The maximum absolute atomic E-state index is 12.0. The van der Waals surface area contributed by atoms with Gasteiger partial charge in [0.25, 0.3) is 5.91 Å². The molecule has 1 aliphatic heterocycles. The molecule has 3 rings (SSSR count). The lowest BCUT2D eigenvalue weighted by molar-refractivity contribution is -0.154. The summed E-state index contributed by atoms with van der Waals surface area (Å²) in [7, 11) is 1.72. The average Bonchev–Trinajstić information content (AvgIpc) is 2.92. The van der Waals surface area contributed by atoms with Crippen LogP contribution in [0.1, 0.15) is 18.4 Å². The topological polar surface area (TPSA) is 91.5 Å². The van der Waals surface area contributed by atoms with Gasteiger partial charge in [-0.25, -0.2) is 4.63 Å². The maximum atomic E-state index is 12.0. The van der Waals surface area contributed by atoms with Crippen molar-refractivity contribution in [1.29, 1.82) is 0 Å². The molecule has 1 aromatic carbocycles. The number of piperidine rings is 1. The molecule has 1 fully saturated rings. The third-order valence-corrected chi connectivity index (χ3v) is 3.89. The van der Waals surface area contributed by atoms with Gasteiger partial charge in [-0.3, -0.25) is 4.79 Å². The zero-order valence-corrected chi connectivity index (χ0v) is 11.9. The normalized spacial score (nSPS) is 23.0. The van der Waals surface area contributed by atoms with Crippen molar-refractivity contribution in [3.63, 3.8) is 0 Å². The Morgan fingerprint density at radius 1 is 1.43 bits per heavy atom. The molecule has 1 aliphatic rings. The van der Waals surface area contributed by atoms with E-state index in [-0.39, 0.29) is 12.5 Å². The minimum absolute atomic E-state index is 0.211. The Bertz CT molecular complexity index is 656. The summed E-state index contributed by atoms with van der Waals surface area (Å²) in [4.78, 5) is 13.6. The van der Waals surface area contributed by atoms with Crippen LogP contribution < -0.4 is 5.32 Å². The number of fused-ring (bicyclic) bond motifs is 1. The summed E-state index contributed by atoms with van der Waals surface area (Å²) in [5.74, 6) is -0.211. The van der Waals surface area contributed by atoms with Gasteiger partial charge in [-0.2, -0.15) is 0 Å². The number of likely N-dealkylation sites (tertiary alicyclic amines) is 1. The van der Waals surface area contributed by atoms with Gasteiger partial charge in [0.1, 0.15) is 11.0 Å². The molecule has 7 nitrogen and oxygen atoms in total. The first kappa shape index (κ1) is 14.0. The van der Waals surface area contributed by atoms with Gasteiger partial charge in [0.15, 0.2) is 5.60 Å². The van der Waals surface area contributed by atoms with Gasteiger partial charge in [0.2, 0.25) is 0 Å². The van der Waals surface area contributed by atoms with Crippen LogP contribution in [0.5, 0.6) is 0 Å². The highest BCUT2D eigenvalue weighted by Gasteiger charge is 2.40. The molecule has 0 aliphatic carbocycles. The predicted octanol–water partition coefficient (Wildman–Crippen LogP) is 0.296. The van der Waals surface area contributed by atoms with Gasteiger partial charge in [0.05, 0.1) is 0 Å². The average molecular weight is 290 g/mol. The van der Waals surface area contributed by atoms with Gasteiger partial charge >= 0.3 is 0 Å². The molecular formula is C14H18N4O3. The van der Waals surface area contributed by atoms with Crippen LogP contribution in [0.15, 0.2) is 22.8 Å². The highest BCUT2D eigenvalue weighted by atomic mass is 16.6. The van der Waals surface area contributed by atoms with E-state index in [9.17, 15) is 9.90 Å². The Morgan fingerprint density at radius 3 is 3.10 bits per heavy atom. The molecule has 21 heavy (non-hydrogen) atoms. The molecule has 2 heterocycles. The standard InChI is InChI=1S/C14H18N4O3/c1-18-6-2-5-14(20,13(18)19)9-15-8-10-3-4-11-12(7-10)17-21-16-11/h3-4,7,15,20H,2,5-6,8-9H2,1H3. The number of amides is 1. The molecule has 112 valence electrons. The summed E-state index contributed by atoms with van der Waals surface area (Å²) in [6.45, 7) is 1.49. The van der Waals surface area contributed by atoms with Crippen LogP contribution in [0, 0.1) is 0 Å². The minimum atomic E-state index is -1.30. The van der Waals surface area contributed by atoms with E-state index >= 15 is 0 Å². The van der Waals surface area contributed by atoms with E-state index in [2.05, 4.69) is 20.3 Å². The third kappa shape index (κ3) is 2.74. The van der Waals surface area contributed by atoms with Crippen molar-refractivity contribution in [2.75, 3.05) is 20.1 Å². The Morgan fingerprint density at radius 2 is 2.24 bits per heavy atom. The fourth-order valence-corrected chi connectivity index (χ4v) is 2.69. The summed E-state index contributed by atoms with van der Waals surface area (Å²) in [6, 6.07) is 5.62. The van der Waals surface area contributed by atoms with E-state index in [0.29, 0.717) is 30.5 Å². The summed E-state index contributed by atoms with van der Waals surface area (Å²) in [6.07, 6.45) is 1.31. The molecule has 7 heteroatoms. The molecule has 1 unspecified atom stereocenters. The van der Waals surface area contributed by atoms with Crippen LogP contribution in [0.25, 0.3) is 11.0 Å². The van der Waals surface area contributed by atoms with Gasteiger partial charge in [0, 0.05) is 26.7 Å². The number of nitrogens with zero attached hydrogens (tertiary/aromatic N) is 3. The van der Waals surface area contributed by atoms with Gasteiger partial charge < -0.3 is 15.3 Å². The number of aromatic nitrogens is 2. The van der Waals surface area contributed by atoms with Crippen LogP contribution >= 0.6 is 0 Å². The van der Waals surface area contributed by atoms with Crippen molar-refractivity contribution in [2.45, 2.75) is 25.0 Å². The second kappa shape index (κ2) is 5.42. The Kier molecular flexibility index (Phi) is 3.60. The number of carbonyl (C=O) groups is 1. The minimum Gasteiger partial charge on any atom is -0.379 e. The summed E-state index contributed by atoms with van der Waals surface area (Å²) < 4.78 is 4.65. The second-order valence-electron chi connectivity index (χ2n) is 5.55. The highest BCUT2D eigenvalue weighted by Crippen LogP contribution is 2.21. The van der Waals surface area contributed by atoms with Gasteiger partial charge in [-0.05, 0) is 40.9 Å². The van der Waals surface area contributed by atoms with Gasteiger partial charge in [-0.1, -0.05) is 6.07 Å². The quantitative estimate of drug-likeness (QED) is 0.841. The molecular weight excluding hydrogens is 272 g/mol. The van der Waals surface area contributed by atoms with E-state index < -0.39 is 5.60 Å². The first-order chi connectivity index (χ1) is 10.1. The Hall–Kier alpha value is -1.99. The first-order valence-electron chi connectivity index (χ1n) is 6.98. The number of hydrogen-bond acceptors (Lipinski definition) is 6. The lowest BCUT2D eigenvalue weighted by atomic mass is 9.92. The largest absolute Gasteiger partial charge is 0.379 e. The third-order valence-electron chi connectivity index (χ3n) is 3.89. The highest BCUT2D eigenvalue weighted by molar-refractivity contribution is 5.85. The van der Waals surface area contributed by atoms with Gasteiger partial charge in [-0.15, -0.1) is 0 Å². The molecule has 1 atom stereocenters. The number of nitrogens with one attached hydrogen (secondary N) is 1. The van der Waals surface area contributed by atoms with Crippen LogP contribution in [-0.2, 0) is 11.3 Å². The number of benzene rings is 1. The van der Waals surface area contributed by atoms with E-state index in [1.165, 1.54) is 0 Å². The molecule has 0 saturated carbocycles. The number of rotatable bonds is 4. The molecule has 1 aromatic heterocycles. The molecule has 0 bridgehead atoms. The number of carbonyl (C=O) groups excluding carboxylic acids is 1. The van der Waals surface area contributed by atoms with Crippen molar-refractivity contribution >= 4 is 16.9 Å². The maximum Gasteiger partial charge on any atom is 0.255 e. The monoisotopic (exact) mass is 290 g/mol. The van der Waals surface area contributed by atoms with Crippen LogP contribution in [0.4, 0.5) is 0 Å².